The molecule has 1 radical (unpaired) electrons. The number of rotatable bonds is 9. The molecule has 0 N–H and O–H groups in total. The van der Waals surface area contributed by atoms with Crippen molar-refractivity contribution in [2.24, 2.45) is 0 Å². The summed E-state index contributed by atoms with van der Waals surface area (Å²) in [6.45, 7) is 5.04. The molecule has 0 aliphatic rings. The minimum absolute atomic E-state index is 0.628. The van der Waals surface area contributed by atoms with Crippen LogP contribution in [0.15, 0.2) is 72.8 Å². The Balaban J connectivity index is 2.04. The largest absolute Gasteiger partial charge is 0.497 e. The van der Waals surface area contributed by atoms with E-state index in [-0.39, 0.29) is 0 Å². The first-order valence-electron chi connectivity index (χ1n) is 10.0. The van der Waals surface area contributed by atoms with Crippen LogP contribution in [0, 0.1) is 0 Å². The Kier molecular flexibility index (Phi) is 8.06. The first-order chi connectivity index (χ1) is 14.5. The van der Waals surface area contributed by atoms with E-state index in [9.17, 15) is 0 Å². The molecule has 1 atom stereocenters. The van der Waals surface area contributed by atoms with Crippen LogP contribution >= 0.6 is 23.2 Å². The summed E-state index contributed by atoms with van der Waals surface area (Å²) >= 11 is 12.9. The van der Waals surface area contributed by atoms with Crippen molar-refractivity contribution < 1.29 is 9.47 Å². The lowest BCUT2D eigenvalue weighted by Crippen LogP contribution is -2.63. The monoisotopic (exact) mass is 473 g/mol. The van der Waals surface area contributed by atoms with Crippen molar-refractivity contribution in [3.63, 3.8) is 0 Å². The molecule has 1 unspecified atom stereocenters. The summed E-state index contributed by atoms with van der Waals surface area (Å²) in [5.41, 5.74) is 1.73. The van der Waals surface area contributed by atoms with Crippen LogP contribution in [0.2, 0.25) is 17.2 Å². The molecule has 3 aromatic rings. The van der Waals surface area contributed by atoms with E-state index in [0.717, 1.165) is 22.2 Å². The summed E-state index contributed by atoms with van der Waals surface area (Å²) < 4.78 is 11.0. The van der Waals surface area contributed by atoms with E-state index in [2.05, 4.69) is 55.1 Å². The smallest absolute Gasteiger partial charge is 0.130 e. The average molecular weight is 475 g/mol. The summed E-state index contributed by atoms with van der Waals surface area (Å²) in [5, 5.41) is 4.83. The quantitative estimate of drug-likeness (QED) is 0.332. The molecule has 0 aliphatic heterocycles. The van der Waals surface area contributed by atoms with Gasteiger partial charge in [0.25, 0.3) is 0 Å². The molecule has 0 saturated carbocycles. The molecule has 0 fully saturated rings. The number of benzene rings is 3. The lowest BCUT2D eigenvalue weighted by molar-refractivity contribution is 0.340. The van der Waals surface area contributed by atoms with Gasteiger partial charge in [-0.1, -0.05) is 75.8 Å². The summed E-state index contributed by atoms with van der Waals surface area (Å²) in [5.74, 6) is 1.76. The predicted octanol–water partition coefficient (Wildman–Crippen LogP) is 4.66. The van der Waals surface area contributed by atoms with Crippen LogP contribution in [0.4, 0.5) is 0 Å². The van der Waals surface area contributed by atoms with Gasteiger partial charge in [0, 0.05) is 10.5 Å². The lowest BCUT2D eigenvalue weighted by Gasteiger charge is -2.33. The van der Waals surface area contributed by atoms with E-state index in [1.807, 2.05) is 31.2 Å². The first-order valence-corrected chi connectivity index (χ1v) is 15.6. The van der Waals surface area contributed by atoms with E-state index in [0.29, 0.717) is 12.1 Å². The maximum Gasteiger partial charge on any atom is 0.130 e. The topological polar surface area (TPSA) is 18.5 Å². The SMILES string of the molecule is CCOc1ccc([Si](CCl)(C[Si](C)c2ccc(Cl)cc2)c2ccc(OC)cc2)cc1. The van der Waals surface area contributed by atoms with E-state index < -0.39 is 16.9 Å². The molecule has 157 valence electrons. The third kappa shape index (κ3) is 5.12. The summed E-state index contributed by atoms with van der Waals surface area (Å²) in [4.78, 5) is 0. The number of methoxy groups -OCH3 is 1. The fraction of sp³-hybridized carbons (Fsp3) is 0.250. The minimum atomic E-state index is -2.20. The highest BCUT2D eigenvalue weighted by Gasteiger charge is 2.38. The van der Waals surface area contributed by atoms with Gasteiger partial charge in [-0.2, -0.15) is 0 Å². The van der Waals surface area contributed by atoms with Gasteiger partial charge < -0.3 is 9.47 Å². The second-order valence-electron chi connectivity index (χ2n) is 7.37. The maximum atomic E-state index is 6.82. The van der Waals surface area contributed by atoms with Gasteiger partial charge >= 0.3 is 0 Å². The minimum Gasteiger partial charge on any atom is -0.497 e. The highest BCUT2D eigenvalue weighted by Crippen LogP contribution is 2.20. The van der Waals surface area contributed by atoms with E-state index in [1.54, 1.807) is 7.11 Å². The van der Waals surface area contributed by atoms with Gasteiger partial charge in [-0.15, -0.1) is 11.6 Å². The van der Waals surface area contributed by atoms with Crippen LogP contribution in [-0.4, -0.2) is 36.1 Å². The molecule has 0 spiro atoms. The van der Waals surface area contributed by atoms with Crippen molar-refractivity contribution in [1.29, 1.82) is 0 Å². The Morgan fingerprint density at radius 2 is 1.37 bits per heavy atom. The summed E-state index contributed by atoms with van der Waals surface area (Å²) in [6, 6.07) is 25.3. The van der Waals surface area contributed by atoms with Gasteiger partial charge in [0.2, 0.25) is 0 Å². The van der Waals surface area contributed by atoms with Crippen LogP contribution in [0.25, 0.3) is 0 Å². The molecule has 30 heavy (non-hydrogen) atoms. The van der Waals surface area contributed by atoms with Crippen molar-refractivity contribution in [3.05, 3.63) is 77.8 Å². The average Bonchev–Trinajstić information content (AvgIpc) is 2.79. The number of ether oxygens (including phenoxy) is 2. The Morgan fingerprint density at radius 3 is 1.83 bits per heavy atom. The van der Waals surface area contributed by atoms with Gasteiger partial charge in [0.1, 0.15) is 19.6 Å². The molecule has 0 bridgehead atoms. The van der Waals surface area contributed by atoms with Crippen LogP contribution in [0.1, 0.15) is 6.92 Å². The zero-order valence-corrected chi connectivity index (χ0v) is 21.1. The standard InChI is InChI=1S/C24H27Cl2O2Si2/c1-4-28-21-9-15-24(16-10-21)30(17-25,23-13-7-20(27-2)8-14-23)18-29(3)22-11-5-19(26)6-12-22/h5-16H,4,17-18H2,1-3H3. The van der Waals surface area contributed by atoms with Crippen LogP contribution < -0.4 is 25.0 Å². The third-order valence-corrected chi connectivity index (χ3v) is 16.3. The van der Waals surface area contributed by atoms with Gasteiger partial charge in [-0.3, -0.25) is 0 Å². The molecule has 0 aliphatic carbocycles. The van der Waals surface area contributed by atoms with Crippen LogP contribution in [0.5, 0.6) is 11.5 Å². The number of alkyl halides is 1. The third-order valence-electron chi connectivity index (χ3n) is 5.49. The molecule has 0 aromatic heterocycles. The number of halogens is 2. The lowest BCUT2D eigenvalue weighted by atomic mass is 10.3. The molecule has 2 nitrogen and oxygen atoms in total. The van der Waals surface area contributed by atoms with Crippen molar-refractivity contribution in [2.75, 3.05) is 19.2 Å². The van der Waals surface area contributed by atoms with Gasteiger partial charge in [0.05, 0.1) is 22.5 Å². The normalized spacial score (nSPS) is 13.1. The fourth-order valence-corrected chi connectivity index (χ4v) is 15.1. The molecular weight excluding hydrogens is 447 g/mol. The van der Waals surface area contributed by atoms with Gasteiger partial charge in [-0.25, -0.2) is 0 Å². The Bertz CT molecular complexity index is 931. The summed E-state index contributed by atoms with van der Waals surface area (Å²) in [6.07, 6.45) is 0. The second-order valence-corrected chi connectivity index (χ2v) is 15.7. The molecule has 0 saturated heterocycles. The number of hydrogen-bond acceptors (Lipinski definition) is 2. The van der Waals surface area contributed by atoms with Crippen molar-refractivity contribution in [3.8, 4) is 11.5 Å². The maximum absolute atomic E-state index is 6.82. The van der Waals surface area contributed by atoms with Crippen molar-refractivity contribution >= 4 is 55.6 Å². The molecule has 3 aromatic carbocycles. The highest BCUT2D eigenvalue weighted by molar-refractivity contribution is 7.11. The van der Waals surface area contributed by atoms with Crippen LogP contribution in [-0.2, 0) is 0 Å². The Hall–Kier alpha value is -1.73. The second kappa shape index (κ2) is 10.5. The van der Waals surface area contributed by atoms with E-state index >= 15 is 0 Å². The summed E-state index contributed by atoms with van der Waals surface area (Å²) in [7, 11) is -1.33. The number of hydrogen-bond donors (Lipinski definition) is 0. The van der Waals surface area contributed by atoms with Crippen LogP contribution in [0.3, 0.4) is 0 Å². The zero-order valence-electron chi connectivity index (χ0n) is 17.6. The van der Waals surface area contributed by atoms with E-state index in [1.165, 1.54) is 15.6 Å². The molecule has 6 heteroatoms. The van der Waals surface area contributed by atoms with Crippen molar-refractivity contribution in [2.45, 2.75) is 19.1 Å². The fourth-order valence-electron chi connectivity index (χ4n) is 3.81. The zero-order chi connectivity index (χ0) is 21.6. The molecule has 0 amide bonds. The van der Waals surface area contributed by atoms with Crippen molar-refractivity contribution in [1.82, 2.24) is 0 Å². The Labute approximate surface area is 192 Å². The van der Waals surface area contributed by atoms with E-state index in [4.69, 9.17) is 32.7 Å². The predicted molar refractivity (Wildman–Crippen MR) is 134 cm³/mol. The molecule has 3 rings (SSSR count). The highest BCUT2D eigenvalue weighted by atomic mass is 35.5. The molecular formula is C24H27Cl2O2Si2. The van der Waals surface area contributed by atoms with Gasteiger partial charge in [0.15, 0.2) is 0 Å². The Morgan fingerprint density at radius 1 is 0.833 bits per heavy atom. The van der Waals surface area contributed by atoms with Gasteiger partial charge in [-0.05, 0) is 43.3 Å². The molecule has 0 heterocycles. The first kappa shape index (κ1) is 22.9.